The number of Topliss-reactive ketones (excluding diaryl/α,β-unsaturated/α-hetero) is 1. The number of hydrogen-bond donors (Lipinski definition) is 0. The Morgan fingerprint density at radius 1 is 1.69 bits per heavy atom. The second kappa shape index (κ2) is 2.98. The quantitative estimate of drug-likeness (QED) is 0.616. The maximum absolute atomic E-state index is 11.2. The van der Waals surface area contributed by atoms with E-state index in [4.69, 9.17) is 0 Å². The van der Waals surface area contributed by atoms with Gasteiger partial charge in [0.2, 0.25) is 0 Å². The number of ketones is 1. The molecule has 0 aliphatic carbocycles. The van der Waals surface area contributed by atoms with E-state index in [2.05, 4.69) is 16.5 Å². The van der Waals surface area contributed by atoms with E-state index in [1.54, 1.807) is 13.3 Å². The molecule has 1 aromatic rings. The SMILES string of the molecule is CC(=O)c1ncn2c1C(C)CCC2. The molecular formula is C10H14N2O. The number of fused-ring (bicyclic) bond motifs is 1. The Morgan fingerprint density at radius 3 is 3.15 bits per heavy atom. The van der Waals surface area contributed by atoms with Gasteiger partial charge in [0.1, 0.15) is 5.69 Å². The highest BCUT2D eigenvalue weighted by atomic mass is 16.1. The maximum Gasteiger partial charge on any atom is 0.179 e. The summed E-state index contributed by atoms with van der Waals surface area (Å²) in [6.45, 7) is 4.77. The average Bonchev–Trinajstić information content (AvgIpc) is 2.49. The molecule has 1 aliphatic rings. The van der Waals surface area contributed by atoms with E-state index in [-0.39, 0.29) is 5.78 Å². The molecule has 0 fully saturated rings. The van der Waals surface area contributed by atoms with Crippen molar-refractivity contribution in [3.05, 3.63) is 17.7 Å². The fourth-order valence-corrected chi connectivity index (χ4v) is 2.06. The van der Waals surface area contributed by atoms with Crippen LogP contribution in [0, 0.1) is 0 Å². The van der Waals surface area contributed by atoms with Crippen LogP contribution in [0.15, 0.2) is 6.33 Å². The molecule has 0 bridgehead atoms. The number of nitrogens with zero attached hydrogens (tertiary/aromatic N) is 2. The van der Waals surface area contributed by atoms with E-state index < -0.39 is 0 Å². The highest BCUT2D eigenvalue weighted by Crippen LogP contribution is 2.28. The summed E-state index contributed by atoms with van der Waals surface area (Å²) in [7, 11) is 0. The third kappa shape index (κ3) is 1.28. The van der Waals surface area contributed by atoms with Crippen LogP contribution in [-0.4, -0.2) is 15.3 Å². The zero-order valence-electron chi connectivity index (χ0n) is 8.08. The third-order valence-electron chi connectivity index (χ3n) is 2.71. The molecule has 0 N–H and O–H groups in total. The van der Waals surface area contributed by atoms with Gasteiger partial charge in [0.15, 0.2) is 5.78 Å². The predicted octanol–water partition coefficient (Wildman–Crippen LogP) is 1.98. The summed E-state index contributed by atoms with van der Waals surface area (Å²) in [5.74, 6) is 0.567. The largest absolute Gasteiger partial charge is 0.334 e. The number of carbonyl (C=O) groups excluding carboxylic acids is 1. The Kier molecular flexibility index (Phi) is 1.94. The lowest BCUT2D eigenvalue weighted by Gasteiger charge is -2.21. The number of rotatable bonds is 1. The standard InChI is InChI=1S/C10H14N2O/c1-7-4-3-5-12-6-11-9(8(2)13)10(7)12/h6-7H,3-5H2,1-2H3. The minimum absolute atomic E-state index is 0.0856. The van der Waals surface area contributed by atoms with Crippen molar-refractivity contribution < 1.29 is 4.79 Å². The molecule has 0 radical (unpaired) electrons. The lowest BCUT2D eigenvalue weighted by molar-refractivity contribution is 0.101. The monoisotopic (exact) mass is 178 g/mol. The summed E-state index contributed by atoms with van der Waals surface area (Å²) in [6.07, 6.45) is 4.16. The summed E-state index contributed by atoms with van der Waals surface area (Å²) in [5, 5.41) is 0. The second-order valence-corrected chi connectivity index (χ2v) is 3.77. The van der Waals surface area contributed by atoms with Gasteiger partial charge in [-0.15, -0.1) is 0 Å². The predicted molar refractivity (Wildman–Crippen MR) is 49.9 cm³/mol. The van der Waals surface area contributed by atoms with Gasteiger partial charge in [-0.25, -0.2) is 4.98 Å². The summed E-state index contributed by atoms with van der Waals surface area (Å²) in [4.78, 5) is 15.4. The van der Waals surface area contributed by atoms with Gasteiger partial charge < -0.3 is 4.57 Å². The summed E-state index contributed by atoms with van der Waals surface area (Å²) in [6, 6.07) is 0. The third-order valence-corrected chi connectivity index (χ3v) is 2.71. The van der Waals surface area contributed by atoms with E-state index in [1.165, 1.54) is 12.8 Å². The van der Waals surface area contributed by atoms with E-state index in [0.717, 1.165) is 12.2 Å². The molecule has 13 heavy (non-hydrogen) atoms. The van der Waals surface area contributed by atoms with Gasteiger partial charge in [-0.2, -0.15) is 0 Å². The van der Waals surface area contributed by atoms with Gasteiger partial charge in [-0.1, -0.05) is 6.92 Å². The van der Waals surface area contributed by atoms with Gasteiger partial charge in [0, 0.05) is 13.5 Å². The lowest BCUT2D eigenvalue weighted by Crippen LogP contribution is -2.15. The van der Waals surface area contributed by atoms with Crippen LogP contribution in [0.3, 0.4) is 0 Å². The molecule has 0 amide bonds. The molecule has 1 unspecified atom stereocenters. The lowest BCUT2D eigenvalue weighted by atomic mass is 9.95. The molecule has 3 heteroatoms. The molecule has 2 rings (SSSR count). The Balaban J connectivity index is 2.50. The smallest absolute Gasteiger partial charge is 0.179 e. The number of aromatic nitrogens is 2. The van der Waals surface area contributed by atoms with Crippen LogP contribution in [-0.2, 0) is 6.54 Å². The van der Waals surface area contributed by atoms with Crippen LogP contribution < -0.4 is 0 Å². The van der Waals surface area contributed by atoms with Crippen molar-refractivity contribution in [2.75, 3.05) is 0 Å². The van der Waals surface area contributed by atoms with Crippen LogP contribution in [0.2, 0.25) is 0 Å². The Morgan fingerprint density at radius 2 is 2.46 bits per heavy atom. The summed E-state index contributed by atoms with van der Waals surface area (Å²) in [5.41, 5.74) is 1.81. The molecule has 0 aromatic carbocycles. The van der Waals surface area contributed by atoms with Crippen LogP contribution in [0.4, 0.5) is 0 Å². The average molecular weight is 178 g/mol. The normalized spacial score (nSPS) is 21.2. The van der Waals surface area contributed by atoms with Crippen molar-refractivity contribution in [1.82, 2.24) is 9.55 Å². The van der Waals surface area contributed by atoms with Gasteiger partial charge in [-0.05, 0) is 18.8 Å². The minimum atomic E-state index is 0.0856. The van der Waals surface area contributed by atoms with Gasteiger partial charge >= 0.3 is 0 Å². The molecule has 0 spiro atoms. The molecule has 70 valence electrons. The molecule has 1 aliphatic heterocycles. The van der Waals surface area contributed by atoms with E-state index in [0.29, 0.717) is 11.6 Å². The number of hydrogen-bond acceptors (Lipinski definition) is 2. The first-order valence-electron chi connectivity index (χ1n) is 4.76. The zero-order valence-corrected chi connectivity index (χ0v) is 8.08. The van der Waals surface area contributed by atoms with Crippen molar-refractivity contribution in [2.45, 2.75) is 39.2 Å². The molecule has 1 aromatic heterocycles. The molecular weight excluding hydrogens is 164 g/mol. The van der Waals surface area contributed by atoms with Gasteiger partial charge in [0.25, 0.3) is 0 Å². The Bertz CT molecular complexity index is 341. The molecule has 3 nitrogen and oxygen atoms in total. The van der Waals surface area contributed by atoms with E-state index >= 15 is 0 Å². The topological polar surface area (TPSA) is 34.9 Å². The van der Waals surface area contributed by atoms with Crippen LogP contribution >= 0.6 is 0 Å². The van der Waals surface area contributed by atoms with Crippen LogP contribution in [0.1, 0.15) is 48.8 Å². The molecule has 0 saturated heterocycles. The van der Waals surface area contributed by atoms with E-state index in [1.807, 2.05) is 0 Å². The number of aryl methyl sites for hydroxylation is 1. The van der Waals surface area contributed by atoms with Crippen molar-refractivity contribution >= 4 is 5.78 Å². The summed E-state index contributed by atoms with van der Waals surface area (Å²) < 4.78 is 2.12. The molecule has 2 heterocycles. The van der Waals surface area contributed by atoms with Crippen LogP contribution in [0.5, 0.6) is 0 Å². The maximum atomic E-state index is 11.2. The highest BCUT2D eigenvalue weighted by molar-refractivity contribution is 5.93. The van der Waals surface area contributed by atoms with Crippen molar-refractivity contribution in [3.8, 4) is 0 Å². The fourth-order valence-electron chi connectivity index (χ4n) is 2.06. The zero-order chi connectivity index (χ0) is 9.42. The Hall–Kier alpha value is -1.12. The first-order valence-corrected chi connectivity index (χ1v) is 4.76. The second-order valence-electron chi connectivity index (χ2n) is 3.77. The van der Waals surface area contributed by atoms with Crippen molar-refractivity contribution in [1.29, 1.82) is 0 Å². The van der Waals surface area contributed by atoms with Crippen molar-refractivity contribution in [2.24, 2.45) is 0 Å². The van der Waals surface area contributed by atoms with E-state index in [9.17, 15) is 4.79 Å². The number of carbonyl (C=O) groups is 1. The molecule has 0 saturated carbocycles. The summed E-state index contributed by atoms with van der Waals surface area (Å²) >= 11 is 0. The first-order chi connectivity index (χ1) is 6.20. The van der Waals surface area contributed by atoms with Crippen molar-refractivity contribution in [3.63, 3.8) is 0 Å². The highest BCUT2D eigenvalue weighted by Gasteiger charge is 2.22. The van der Waals surface area contributed by atoms with Gasteiger partial charge in [0.05, 0.1) is 12.0 Å². The first kappa shape index (κ1) is 8.48. The van der Waals surface area contributed by atoms with Gasteiger partial charge in [-0.3, -0.25) is 4.79 Å². The Labute approximate surface area is 77.8 Å². The minimum Gasteiger partial charge on any atom is -0.334 e. The fraction of sp³-hybridized carbons (Fsp3) is 0.600. The molecule has 1 atom stereocenters. The van der Waals surface area contributed by atoms with Crippen LogP contribution in [0.25, 0.3) is 0 Å². The number of imidazole rings is 1.